The lowest BCUT2D eigenvalue weighted by atomic mass is 10.2. The molecule has 0 saturated heterocycles. The van der Waals surface area contributed by atoms with E-state index in [1.54, 1.807) is 47.6 Å². The molecule has 2 aromatic carbocycles. The standard InChI is InChI=1S/C22H18FNO3S/c1-24(13-15-2-9-19-20(12-15)27-14-26-19)22(25)11-8-18-7-10-21(28-18)16-3-5-17(23)6-4-16/h2-12H,13-14H2,1H3/b11-8+. The van der Waals surface area contributed by atoms with Crippen LogP contribution in [0.4, 0.5) is 4.39 Å². The first-order valence-electron chi connectivity index (χ1n) is 8.76. The molecule has 1 amide bonds. The molecular weight excluding hydrogens is 377 g/mol. The molecule has 0 atom stereocenters. The van der Waals surface area contributed by atoms with Gasteiger partial charge in [-0.3, -0.25) is 4.79 Å². The predicted molar refractivity (Wildman–Crippen MR) is 108 cm³/mol. The minimum Gasteiger partial charge on any atom is -0.454 e. The lowest BCUT2D eigenvalue weighted by Gasteiger charge is -2.15. The quantitative estimate of drug-likeness (QED) is 0.574. The van der Waals surface area contributed by atoms with Crippen molar-refractivity contribution >= 4 is 23.3 Å². The number of thiophene rings is 1. The first-order chi connectivity index (χ1) is 13.6. The summed E-state index contributed by atoms with van der Waals surface area (Å²) in [5.41, 5.74) is 1.93. The van der Waals surface area contributed by atoms with Crippen molar-refractivity contribution in [2.24, 2.45) is 0 Å². The zero-order chi connectivity index (χ0) is 19.5. The summed E-state index contributed by atoms with van der Waals surface area (Å²) in [6.45, 7) is 0.710. The highest BCUT2D eigenvalue weighted by Gasteiger charge is 2.14. The van der Waals surface area contributed by atoms with Crippen molar-refractivity contribution in [2.75, 3.05) is 13.8 Å². The number of hydrogen-bond donors (Lipinski definition) is 0. The number of likely N-dealkylation sites (N-methyl/N-ethyl adjacent to an activating group) is 1. The Bertz CT molecular complexity index is 1030. The fourth-order valence-electron chi connectivity index (χ4n) is 2.88. The van der Waals surface area contributed by atoms with Gasteiger partial charge in [-0.25, -0.2) is 4.39 Å². The molecule has 142 valence electrons. The van der Waals surface area contributed by atoms with E-state index in [2.05, 4.69) is 0 Å². The molecule has 4 nitrogen and oxygen atoms in total. The largest absolute Gasteiger partial charge is 0.454 e. The maximum absolute atomic E-state index is 13.1. The smallest absolute Gasteiger partial charge is 0.246 e. The third-order valence-corrected chi connectivity index (χ3v) is 5.48. The van der Waals surface area contributed by atoms with Crippen LogP contribution in [0.1, 0.15) is 10.4 Å². The van der Waals surface area contributed by atoms with Crippen LogP contribution < -0.4 is 9.47 Å². The van der Waals surface area contributed by atoms with Crippen LogP contribution in [0.5, 0.6) is 11.5 Å². The summed E-state index contributed by atoms with van der Waals surface area (Å²) in [5, 5.41) is 0. The van der Waals surface area contributed by atoms with Crippen molar-refractivity contribution in [3.8, 4) is 21.9 Å². The van der Waals surface area contributed by atoms with Gasteiger partial charge in [0.15, 0.2) is 11.5 Å². The van der Waals surface area contributed by atoms with Gasteiger partial charge in [-0.15, -0.1) is 11.3 Å². The second kappa shape index (κ2) is 7.86. The van der Waals surface area contributed by atoms with Gasteiger partial charge in [0.05, 0.1) is 0 Å². The monoisotopic (exact) mass is 395 g/mol. The van der Waals surface area contributed by atoms with E-state index in [9.17, 15) is 9.18 Å². The highest BCUT2D eigenvalue weighted by atomic mass is 32.1. The molecule has 1 aromatic heterocycles. The minimum absolute atomic E-state index is 0.0885. The Kier molecular flexibility index (Phi) is 5.12. The zero-order valence-electron chi connectivity index (χ0n) is 15.2. The summed E-state index contributed by atoms with van der Waals surface area (Å²) in [6.07, 6.45) is 3.36. The van der Waals surface area contributed by atoms with Gasteiger partial charge in [0.25, 0.3) is 0 Å². The average Bonchev–Trinajstić information content (AvgIpc) is 3.35. The molecule has 0 spiro atoms. The molecule has 6 heteroatoms. The third kappa shape index (κ3) is 4.07. The van der Waals surface area contributed by atoms with Crippen molar-refractivity contribution in [2.45, 2.75) is 6.54 Å². The molecule has 3 aromatic rings. The summed E-state index contributed by atoms with van der Waals surface area (Å²) in [4.78, 5) is 16.0. The van der Waals surface area contributed by atoms with E-state index in [1.807, 2.05) is 30.3 Å². The second-order valence-electron chi connectivity index (χ2n) is 6.42. The maximum Gasteiger partial charge on any atom is 0.246 e. The number of amides is 1. The molecule has 0 fully saturated rings. The summed E-state index contributed by atoms with van der Waals surface area (Å²) in [7, 11) is 1.76. The van der Waals surface area contributed by atoms with Gasteiger partial charge in [-0.05, 0) is 53.6 Å². The van der Waals surface area contributed by atoms with Crippen LogP contribution in [0.15, 0.2) is 60.7 Å². The normalized spacial score (nSPS) is 12.5. The number of rotatable bonds is 5. The van der Waals surface area contributed by atoms with Gasteiger partial charge in [0.2, 0.25) is 12.7 Å². The van der Waals surface area contributed by atoms with Gasteiger partial charge in [0, 0.05) is 29.4 Å². The van der Waals surface area contributed by atoms with Crippen molar-refractivity contribution in [1.29, 1.82) is 0 Å². The number of fused-ring (bicyclic) bond motifs is 1. The Labute approximate surface area is 166 Å². The molecule has 2 heterocycles. The maximum atomic E-state index is 13.1. The lowest BCUT2D eigenvalue weighted by molar-refractivity contribution is -0.125. The number of nitrogens with zero attached hydrogens (tertiary/aromatic N) is 1. The topological polar surface area (TPSA) is 38.8 Å². The van der Waals surface area contributed by atoms with E-state index in [4.69, 9.17) is 9.47 Å². The Morgan fingerprint density at radius 1 is 1.11 bits per heavy atom. The fourth-order valence-corrected chi connectivity index (χ4v) is 3.80. The Hall–Kier alpha value is -3.12. The number of benzene rings is 2. The lowest BCUT2D eigenvalue weighted by Crippen LogP contribution is -2.24. The van der Waals surface area contributed by atoms with Crippen LogP contribution in [-0.4, -0.2) is 24.6 Å². The summed E-state index contributed by atoms with van der Waals surface area (Å²) in [6, 6.07) is 16.0. The Balaban J connectivity index is 1.39. The van der Waals surface area contributed by atoms with Gasteiger partial charge in [-0.1, -0.05) is 18.2 Å². The van der Waals surface area contributed by atoms with Gasteiger partial charge >= 0.3 is 0 Å². The summed E-state index contributed by atoms with van der Waals surface area (Å²) in [5.74, 6) is 1.10. The average molecular weight is 395 g/mol. The molecule has 1 aliphatic rings. The van der Waals surface area contributed by atoms with E-state index in [0.29, 0.717) is 12.3 Å². The highest BCUT2D eigenvalue weighted by molar-refractivity contribution is 7.16. The van der Waals surface area contributed by atoms with Crippen molar-refractivity contribution < 1.29 is 18.7 Å². The highest BCUT2D eigenvalue weighted by Crippen LogP contribution is 2.33. The van der Waals surface area contributed by atoms with Crippen molar-refractivity contribution in [1.82, 2.24) is 4.90 Å². The molecule has 1 aliphatic heterocycles. The van der Waals surface area contributed by atoms with Crippen LogP contribution in [0, 0.1) is 5.82 Å². The first-order valence-corrected chi connectivity index (χ1v) is 9.57. The molecule has 0 N–H and O–H groups in total. The van der Waals surface area contributed by atoms with Crippen LogP contribution in [0.2, 0.25) is 0 Å². The van der Waals surface area contributed by atoms with Crippen LogP contribution in [0.3, 0.4) is 0 Å². The number of ether oxygens (including phenoxy) is 2. The zero-order valence-corrected chi connectivity index (χ0v) is 16.0. The number of halogens is 1. The van der Waals surface area contributed by atoms with E-state index in [-0.39, 0.29) is 18.5 Å². The number of hydrogen-bond acceptors (Lipinski definition) is 4. The molecule has 0 saturated carbocycles. The predicted octanol–water partition coefficient (Wildman–Crippen LogP) is 4.95. The van der Waals surface area contributed by atoms with Gasteiger partial charge in [-0.2, -0.15) is 0 Å². The van der Waals surface area contributed by atoms with Crippen LogP contribution in [-0.2, 0) is 11.3 Å². The van der Waals surface area contributed by atoms with E-state index < -0.39 is 0 Å². The first kappa shape index (κ1) is 18.3. The van der Waals surface area contributed by atoms with Crippen LogP contribution >= 0.6 is 11.3 Å². The Morgan fingerprint density at radius 2 is 1.89 bits per heavy atom. The van der Waals surface area contributed by atoms with Gasteiger partial charge in [0.1, 0.15) is 5.82 Å². The molecular formula is C22H18FNO3S. The molecule has 28 heavy (non-hydrogen) atoms. The van der Waals surface area contributed by atoms with E-state index >= 15 is 0 Å². The second-order valence-corrected chi connectivity index (χ2v) is 7.54. The summed E-state index contributed by atoms with van der Waals surface area (Å²) < 4.78 is 23.7. The minimum atomic E-state index is -0.253. The molecule has 0 radical (unpaired) electrons. The van der Waals surface area contributed by atoms with Gasteiger partial charge < -0.3 is 14.4 Å². The SMILES string of the molecule is CN(Cc1ccc2c(c1)OCO2)C(=O)/C=C/c1ccc(-c2ccc(F)cc2)s1. The number of carbonyl (C=O) groups excluding carboxylic acids is 1. The van der Waals surface area contributed by atoms with E-state index in [0.717, 1.165) is 26.6 Å². The Morgan fingerprint density at radius 3 is 2.71 bits per heavy atom. The fraction of sp³-hybridized carbons (Fsp3) is 0.136. The van der Waals surface area contributed by atoms with Crippen molar-refractivity contribution in [3.05, 3.63) is 76.9 Å². The molecule has 0 bridgehead atoms. The third-order valence-electron chi connectivity index (χ3n) is 4.38. The molecule has 0 aliphatic carbocycles. The summed E-state index contributed by atoms with van der Waals surface area (Å²) >= 11 is 1.55. The molecule has 4 rings (SSSR count). The number of carbonyl (C=O) groups is 1. The van der Waals surface area contributed by atoms with Crippen LogP contribution in [0.25, 0.3) is 16.5 Å². The van der Waals surface area contributed by atoms with Crippen molar-refractivity contribution in [3.63, 3.8) is 0 Å². The molecule has 0 unspecified atom stereocenters. The van der Waals surface area contributed by atoms with E-state index in [1.165, 1.54) is 12.1 Å².